The van der Waals surface area contributed by atoms with Crippen molar-refractivity contribution in [3.8, 4) is 5.88 Å². The number of aromatic nitrogens is 1. The van der Waals surface area contributed by atoms with Crippen LogP contribution in [0.4, 0.5) is 26.3 Å². The van der Waals surface area contributed by atoms with Gasteiger partial charge in [0.2, 0.25) is 0 Å². The molecule has 8 heteroatoms. The van der Waals surface area contributed by atoms with E-state index in [-0.39, 0.29) is 6.20 Å². The molecule has 0 aliphatic carbocycles. The van der Waals surface area contributed by atoms with Crippen LogP contribution in [0.25, 0.3) is 0 Å². The van der Waals surface area contributed by atoms with Gasteiger partial charge in [0, 0.05) is 6.20 Å². The number of rotatable bonds is 2. The first-order valence-electron chi connectivity index (χ1n) is 3.86. The summed E-state index contributed by atoms with van der Waals surface area (Å²) in [6, 6.07) is 0. The highest BCUT2D eigenvalue weighted by Crippen LogP contribution is 2.39. The molecule has 0 radical (unpaired) electrons. The molecule has 1 heterocycles. The van der Waals surface area contributed by atoms with Crippen molar-refractivity contribution in [2.45, 2.75) is 12.6 Å². The van der Waals surface area contributed by atoms with Gasteiger partial charge in [-0.25, -0.2) is 18.2 Å². The van der Waals surface area contributed by atoms with Crippen LogP contribution in [0.15, 0.2) is 6.20 Å². The van der Waals surface area contributed by atoms with Crippen LogP contribution in [0.2, 0.25) is 0 Å². The number of hydrogen-bond donors (Lipinski definition) is 0. The van der Waals surface area contributed by atoms with Gasteiger partial charge in [0.25, 0.3) is 12.3 Å². The van der Waals surface area contributed by atoms with E-state index in [0.717, 1.165) is 7.11 Å². The van der Waals surface area contributed by atoms with E-state index < -0.39 is 35.4 Å². The Morgan fingerprint density at radius 1 is 1.31 bits per heavy atom. The van der Waals surface area contributed by atoms with Crippen LogP contribution >= 0.6 is 0 Å². The van der Waals surface area contributed by atoms with Crippen LogP contribution < -0.4 is 4.74 Å². The first-order chi connectivity index (χ1) is 7.29. The predicted octanol–water partition coefficient (Wildman–Crippen LogP) is 3.19. The van der Waals surface area contributed by atoms with E-state index in [9.17, 15) is 26.3 Å². The van der Waals surface area contributed by atoms with Crippen molar-refractivity contribution in [1.29, 1.82) is 0 Å². The summed E-state index contributed by atoms with van der Waals surface area (Å²) in [6.45, 7) is 0. The largest absolute Gasteiger partial charge is 0.479 e. The van der Waals surface area contributed by atoms with Gasteiger partial charge in [-0.2, -0.15) is 13.2 Å². The quantitative estimate of drug-likeness (QED) is 0.746. The minimum Gasteiger partial charge on any atom is -0.479 e. The summed E-state index contributed by atoms with van der Waals surface area (Å²) in [4.78, 5) is 2.96. The zero-order valence-corrected chi connectivity index (χ0v) is 7.78. The standard InChI is InChI=1S/C8H5F6NO/c1-16-7-5(9)4(6(10)11)3(2-15-7)8(12,13)14/h2,6H,1H3. The lowest BCUT2D eigenvalue weighted by Crippen LogP contribution is -2.13. The number of pyridine rings is 1. The summed E-state index contributed by atoms with van der Waals surface area (Å²) in [5.41, 5.74) is -3.56. The summed E-state index contributed by atoms with van der Waals surface area (Å²) in [6.07, 6.45) is -8.58. The Morgan fingerprint density at radius 3 is 2.25 bits per heavy atom. The lowest BCUT2D eigenvalue weighted by atomic mass is 10.1. The summed E-state index contributed by atoms with van der Waals surface area (Å²) < 4.78 is 78.7. The molecule has 0 atom stereocenters. The van der Waals surface area contributed by atoms with Crippen molar-refractivity contribution in [2.24, 2.45) is 0 Å². The third-order valence-corrected chi connectivity index (χ3v) is 1.74. The molecule has 0 aliphatic rings. The first kappa shape index (κ1) is 12.6. The first-order valence-corrected chi connectivity index (χ1v) is 3.86. The van der Waals surface area contributed by atoms with Crippen LogP contribution in [-0.2, 0) is 6.18 Å². The molecule has 1 aromatic heterocycles. The van der Waals surface area contributed by atoms with Gasteiger partial charge in [0.1, 0.15) is 0 Å². The molecule has 2 nitrogen and oxygen atoms in total. The van der Waals surface area contributed by atoms with E-state index >= 15 is 0 Å². The maximum Gasteiger partial charge on any atom is 0.418 e. The van der Waals surface area contributed by atoms with E-state index in [1.165, 1.54) is 0 Å². The summed E-state index contributed by atoms with van der Waals surface area (Å²) in [5, 5.41) is 0. The van der Waals surface area contributed by atoms with Crippen molar-refractivity contribution in [2.75, 3.05) is 7.11 Å². The number of alkyl halides is 5. The van der Waals surface area contributed by atoms with E-state index in [1.807, 2.05) is 0 Å². The molecule has 0 bridgehead atoms. The molecule has 0 fully saturated rings. The fourth-order valence-corrected chi connectivity index (χ4v) is 1.06. The molecule has 0 aromatic carbocycles. The number of nitrogens with zero attached hydrogens (tertiary/aromatic N) is 1. The second kappa shape index (κ2) is 4.18. The van der Waals surface area contributed by atoms with Crippen molar-refractivity contribution in [3.63, 3.8) is 0 Å². The Labute approximate surface area is 85.9 Å². The SMILES string of the molecule is COc1ncc(C(F)(F)F)c(C(F)F)c1F. The lowest BCUT2D eigenvalue weighted by molar-refractivity contribution is -0.140. The molecule has 0 saturated carbocycles. The third-order valence-electron chi connectivity index (χ3n) is 1.74. The summed E-state index contributed by atoms with van der Waals surface area (Å²) in [5.74, 6) is -2.70. The molecule has 90 valence electrons. The Bertz CT molecular complexity index is 389. The van der Waals surface area contributed by atoms with Crippen molar-refractivity contribution >= 4 is 0 Å². The van der Waals surface area contributed by atoms with Gasteiger partial charge in [0.15, 0.2) is 5.82 Å². The van der Waals surface area contributed by atoms with Gasteiger partial charge in [-0.05, 0) is 0 Å². The second-order valence-electron chi connectivity index (χ2n) is 2.71. The normalized spacial score (nSPS) is 12.0. The van der Waals surface area contributed by atoms with Crippen LogP contribution in [0.1, 0.15) is 17.6 Å². The van der Waals surface area contributed by atoms with E-state index in [1.54, 1.807) is 0 Å². The average Bonchev–Trinajstić information content (AvgIpc) is 2.15. The van der Waals surface area contributed by atoms with Crippen molar-refractivity contribution in [1.82, 2.24) is 4.98 Å². The fraction of sp³-hybridized carbons (Fsp3) is 0.375. The molecule has 0 saturated heterocycles. The molecule has 0 spiro atoms. The van der Waals surface area contributed by atoms with Crippen LogP contribution in [-0.4, -0.2) is 12.1 Å². The minimum atomic E-state index is -5.09. The molecular weight excluding hydrogens is 240 g/mol. The smallest absolute Gasteiger partial charge is 0.418 e. The maximum absolute atomic E-state index is 13.1. The highest BCUT2D eigenvalue weighted by molar-refractivity contribution is 5.34. The van der Waals surface area contributed by atoms with E-state index in [2.05, 4.69) is 9.72 Å². The Hall–Kier alpha value is -1.47. The molecule has 0 amide bonds. The topological polar surface area (TPSA) is 22.1 Å². The van der Waals surface area contributed by atoms with Gasteiger partial charge in [-0.3, -0.25) is 0 Å². The van der Waals surface area contributed by atoms with Gasteiger partial charge in [0.05, 0.1) is 18.2 Å². The van der Waals surface area contributed by atoms with E-state index in [0.29, 0.717) is 0 Å². The molecule has 0 unspecified atom stereocenters. The molecular formula is C8H5F6NO. The predicted molar refractivity (Wildman–Crippen MR) is 40.7 cm³/mol. The molecule has 1 aromatic rings. The minimum absolute atomic E-state index is 0.114. The number of ether oxygens (including phenoxy) is 1. The number of hydrogen-bond acceptors (Lipinski definition) is 2. The van der Waals surface area contributed by atoms with Gasteiger partial charge in [-0.15, -0.1) is 0 Å². The van der Waals surface area contributed by atoms with Crippen molar-refractivity contribution in [3.05, 3.63) is 23.1 Å². The van der Waals surface area contributed by atoms with Crippen LogP contribution in [0, 0.1) is 5.82 Å². The van der Waals surface area contributed by atoms with Crippen molar-refractivity contribution < 1.29 is 31.1 Å². The highest BCUT2D eigenvalue weighted by atomic mass is 19.4. The van der Waals surface area contributed by atoms with Crippen LogP contribution in [0.5, 0.6) is 5.88 Å². The second-order valence-corrected chi connectivity index (χ2v) is 2.71. The molecule has 1 rings (SSSR count). The Morgan fingerprint density at radius 2 is 1.88 bits per heavy atom. The third kappa shape index (κ3) is 2.20. The zero-order valence-electron chi connectivity index (χ0n) is 7.78. The lowest BCUT2D eigenvalue weighted by Gasteiger charge is -2.13. The van der Waals surface area contributed by atoms with Crippen LogP contribution in [0.3, 0.4) is 0 Å². The number of methoxy groups -OCH3 is 1. The Balaban J connectivity index is 3.47. The maximum atomic E-state index is 13.1. The summed E-state index contributed by atoms with van der Waals surface area (Å²) in [7, 11) is 0.911. The Kier molecular flexibility index (Phi) is 3.30. The van der Waals surface area contributed by atoms with E-state index in [4.69, 9.17) is 0 Å². The highest BCUT2D eigenvalue weighted by Gasteiger charge is 2.39. The fourth-order valence-electron chi connectivity index (χ4n) is 1.06. The monoisotopic (exact) mass is 245 g/mol. The molecule has 0 N–H and O–H groups in total. The number of halogens is 6. The van der Waals surface area contributed by atoms with Gasteiger partial charge < -0.3 is 4.74 Å². The summed E-state index contributed by atoms with van der Waals surface area (Å²) >= 11 is 0. The van der Waals surface area contributed by atoms with Gasteiger partial charge in [-0.1, -0.05) is 0 Å². The molecule has 0 aliphatic heterocycles. The van der Waals surface area contributed by atoms with Gasteiger partial charge >= 0.3 is 6.18 Å². The zero-order chi connectivity index (χ0) is 12.5. The average molecular weight is 245 g/mol. The molecule has 16 heavy (non-hydrogen) atoms.